The van der Waals surface area contributed by atoms with Gasteiger partial charge in [0, 0.05) is 70.0 Å². The monoisotopic (exact) mass is 924 g/mol. The van der Waals surface area contributed by atoms with E-state index >= 15 is 0 Å². The van der Waals surface area contributed by atoms with E-state index in [2.05, 4.69) is 51.5 Å². The first-order valence-electron chi connectivity index (χ1n) is 23.0. The SMILES string of the molecule is FC(F)(F)c1ccccc1-c1ccc(CN2CCN[C@@H](Cc3ccccc3)C2)cc1.O=C(c1ccccc1)N1CCN(Cc2ccc(-c3ccccc3C(F)(F)F)cc2)C[C@@H]1Cc1ccccc1. The lowest BCUT2D eigenvalue weighted by Crippen LogP contribution is -2.55. The highest BCUT2D eigenvalue weighted by atomic mass is 19.4. The largest absolute Gasteiger partial charge is 0.417 e. The second-order valence-corrected chi connectivity index (χ2v) is 17.5. The number of alkyl halides is 6. The molecule has 9 rings (SSSR count). The molecular weight excluding hydrogens is 871 g/mol. The van der Waals surface area contributed by atoms with E-state index in [1.54, 1.807) is 36.4 Å². The fourth-order valence-corrected chi connectivity index (χ4v) is 9.27. The number of piperazine rings is 2. The van der Waals surface area contributed by atoms with E-state index in [1.807, 2.05) is 83.8 Å². The lowest BCUT2D eigenvalue weighted by atomic mass is 9.98. The van der Waals surface area contributed by atoms with Gasteiger partial charge in [0.2, 0.25) is 0 Å². The summed E-state index contributed by atoms with van der Waals surface area (Å²) in [5.41, 5.74) is 5.65. The van der Waals surface area contributed by atoms with Gasteiger partial charge < -0.3 is 10.2 Å². The molecule has 68 heavy (non-hydrogen) atoms. The van der Waals surface area contributed by atoms with Crippen LogP contribution in [0.25, 0.3) is 22.3 Å². The van der Waals surface area contributed by atoms with Crippen molar-refractivity contribution in [1.29, 1.82) is 0 Å². The Morgan fingerprint density at radius 3 is 1.41 bits per heavy atom. The third-order valence-electron chi connectivity index (χ3n) is 12.6. The smallest absolute Gasteiger partial charge is 0.333 e. The molecule has 0 spiro atoms. The van der Waals surface area contributed by atoms with Gasteiger partial charge in [-0.3, -0.25) is 14.6 Å². The van der Waals surface area contributed by atoms with Gasteiger partial charge in [0.1, 0.15) is 0 Å². The molecule has 0 aromatic heterocycles. The maximum Gasteiger partial charge on any atom is 0.417 e. The zero-order valence-corrected chi connectivity index (χ0v) is 37.6. The number of rotatable bonds is 11. The summed E-state index contributed by atoms with van der Waals surface area (Å²) in [6.07, 6.45) is -7.02. The van der Waals surface area contributed by atoms with Crippen LogP contribution in [-0.2, 0) is 38.3 Å². The lowest BCUT2D eigenvalue weighted by Gasteiger charge is -2.42. The quantitative estimate of drug-likeness (QED) is 0.131. The molecule has 0 bridgehead atoms. The van der Waals surface area contributed by atoms with E-state index < -0.39 is 23.5 Å². The zero-order chi connectivity index (χ0) is 47.5. The van der Waals surface area contributed by atoms with E-state index in [4.69, 9.17) is 0 Å². The van der Waals surface area contributed by atoms with Crippen LogP contribution < -0.4 is 5.32 Å². The van der Waals surface area contributed by atoms with Crippen molar-refractivity contribution in [2.75, 3.05) is 39.3 Å². The van der Waals surface area contributed by atoms with E-state index in [-0.39, 0.29) is 23.1 Å². The molecule has 11 heteroatoms. The molecule has 0 radical (unpaired) electrons. The molecule has 0 aliphatic carbocycles. The number of nitrogens with zero attached hydrogens (tertiary/aromatic N) is 3. The molecule has 2 atom stereocenters. The van der Waals surface area contributed by atoms with Gasteiger partial charge in [0.15, 0.2) is 0 Å². The van der Waals surface area contributed by atoms with Crippen LogP contribution >= 0.6 is 0 Å². The number of halogens is 6. The van der Waals surface area contributed by atoms with Crippen molar-refractivity contribution in [3.63, 3.8) is 0 Å². The second-order valence-electron chi connectivity index (χ2n) is 17.5. The van der Waals surface area contributed by atoms with Gasteiger partial charge in [-0.2, -0.15) is 26.3 Å². The molecule has 7 aromatic rings. The summed E-state index contributed by atoms with van der Waals surface area (Å²) < 4.78 is 80.3. The number of hydrogen-bond donors (Lipinski definition) is 1. The van der Waals surface area contributed by atoms with Gasteiger partial charge in [-0.25, -0.2) is 0 Å². The molecule has 2 fully saturated rings. The maximum atomic E-state index is 13.5. The van der Waals surface area contributed by atoms with Gasteiger partial charge in [0.05, 0.1) is 11.1 Å². The third-order valence-corrected chi connectivity index (χ3v) is 12.6. The Morgan fingerprint density at radius 2 is 0.912 bits per heavy atom. The standard InChI is InChI=1S/C32H29F3N2O.C25H25F3N2/c33-32(34,35)30-14-8-7-13-29(30)26-17-15-25(16-18-26)22-36-19-20-37(31(38)27-11-5-2-6-12-27)28(23-36)21-24-9-3-1-4-10-24;26-25(27,28)24-9-5-4-8-23(24)21-12-10-20(11-13-21)17-30-15-14-29-22(18-30)16-19-6-2-1-3-7-19/h1-18,28H,19-23H2;1-13,22,29H,14-18H2/t28-;22-/m00/s1. The molecule has 7 aromatic carbocycles. The molecule has 2 heterocycles. The first kappa shape index (κ1) is 47.9. The first-order valence-corrected chi connectivity index (χ1v) is 23.0. The van der Waals surface area contributed by atoms with Crippen LogP contribution in [0.4, 0.5) is 26.3 Å². The molecule has 0 unspecified atom stereocenters. The Hall–Kier alpha value is -6.53. The van der Waals surface area contributed by atoms with Crippen LogP contribution in [0.15, 0.2) is 188 Å². The molecule has 5 nitrogen and oxygen atoms in total. The fraction of sp³-hybridized carbons (Fsp3) is 0.246. The minimum Gasteiger partial charge on any atom is -0.333 e. The second kappa shape index (κ2) is 22.1. The highest BCUT2D eigenvalue weighted by Gasteiger charge is 2.35. The molecule has 2 aliphatic heterocycles. The van der Waals surface area contributed by atoms with Gasteiger partial charge in [-0.05, 0) is 81.6 Å². The summed E-state index contributed by atoms with van der Waals surface area (Å²) in [6, 6.07) is 56.6. The van der Waals surface area contributed by atoms with Crippen LogP contribution in [0.3, 0.4) is 0 Å². The normalized spacial score (nSPS) is 17.0. The van der Waals surface area contributed by atoms with Gasteiger partial charge in [-0.1, -0.05) is 164 Å². The number of hydrogen-bond acceptors (Lipinski definition) is 4. The first-order chi connectivity index (χ1) is 32.9. The van der Waals surface area contributed by atoms with E-state index in [9.17, 15) is 31.1 Å². The van der Waals surface area contributed by atoms with Gasteiger partial charge in [-0.15, -0.1) is 0 Å². The molecular formula is C57H54F6N4O. The Balaban J connectivity index is 0.000000189. The van der Waals surface area contributed by atoms with Crippen molar-refractivity contribution in [1.82, 2.24) is 20.0 Å². The minimum atomic E-state index is -4.40. The summed E-state index contributed by atoms with van der Waals surface area (Å²) in [5, 5.41) is 3.59. The highest BCUT2D eigenvalue weighted by Crippen LogP contribution is 2.38. The fourth-order valence-electron chi connectivity index (χ4n) is 9.27. The zero-order valence-electron chi connectivity index (χ0n) is 37.6. The maximum absolute atomic E-state index is 13.5. The third kappa shape index (κ3) is 12.7. The Morgan fingerprint density at radius 1 is 0.471 bits per heavy atom. The molecule has 350 valence electrons. The average molecular weight is 925 g/mol. The Kier molecular flexibility index (Phi) is 15.6. The van der Waals surface area contributed by atoms with Crippen LogP contribution in [0.5, 0.6) is 0 Å². The number of benzene rings is 7. The van der Waals surface area contributed by atoms with Crippen molar-refractivity contribution in [3.8, 4) is 22.3 Å². The Bertz CT molecular complexity index is 2680. The minimum absolute atomic E-state index is 0.0109. The number of carbonyl (C=O) groups excluding carboxylic acids is 1. The van der Waals surface area contributed by atoms with Crippen LogP contribution in [-0.4, -0.2) is 72.0 Å². The van der Waals surface area contributed by atoms with Crippen molar-refractivity contribution >= 4 is 5.91 Å². The van der Waals surface area contributed by atoms with Crippen molar-refractivity contribution in [2.45, 2.75) is 50.4 Å². The molecule has 1 amide bonds. The average Bonchev–Trinajstić information content (AvgIpc) is 3.35. The summed E-state index contributed by atoms with van der Waals surface area (Å²) in [5.74, 6) is 0.0406. The number of carbonyl (C=O) groups is 1. The number of amides is 1. The van der Waals surface area contributed by atoms with E-state index in [0.717, 1.165) is 68.8 Å². The van der Waals surface area contributed by atoms with Crippen molar-refractivity contribution in [3.05, 3.63) is 227 Å². The lowest BCUT2D eigenvalue weighted by molar-refractivity contribution is -0.137. The predicted molar refractivity (Wildman–Crippen MR) is 258 cm³/mol. The molecule has 0 saturated carbocycles. The topological polar surface area (TPSA) is 38.8 Å². The number of nitrogens with one attached hydrogen (secondary N) is 1. The van der Waals surface area contributed by atoms with Gasteiger partial charge >= 0.3 is 12.4 Å². The van der Waals surface area contributed by atoms with Gasteiger partial charge in [0.25, 0.3) is 5.91 Å². The molecule has 1 N–H and O–H groups in total. The van der Waals surface area contributed by atoms with Crippen LogP contribution in [0, 0.1) is 0 Å². The molecule has 2 saturated heterocycles. The predicted octanol–water partition coefficient (Wildman–Crippen LogP) is 12.3. The highest BCUT2D eigenvalue weighted by molar-refractivity contribution is 5.94. The van der Waals surface area contributed by atoms with Crippen molar-refractivity contribution < 1.29 is 31.1 Å². The van der Waals surface area contributed by atoms with E-state index in [0.29, 0.717) is 42.4 Å². The summed E-state index contributed by atoms with van der Waals surface area (Å²) in [6.45, 7) is 6.37. The summed E-state index contributed by atoms with van der Waals surface area (Å²) >= 11 is 0. The van der Waals surface area contributed by atoms with E-state index in [1.165, 1.54) is 35.4 Å². The summed E-state index contributed by atoms with van der Waals surface area (Å²) in [7, 11) is 0. The van der Waals surface area contributed by atoms with Crippen LogP contribution in [0.2, 0.25) is 0 Å². The summed E-state index contributed by atoms with van der Waals surface area (Å²) in [4.78, 5) is 20.1. The van der Waals surface area contributed by atoms with Crippen molar-refractivity contribution in [2.24, 2.45) is 0 Å². The Labute approximate surface area is 394 Å². The van der Waals surface area contributed by atoms with Crippen LogP contribution in [0.1, 0.15) is 43.7 Å². The molecule has 2 aliphatic rings.